The Hall–Kier alpha value is -2.55. The second kappa shape index (κ2) is 3.48. The number of nitrogens with zero attached hydrogens (tertiary/aromatic N) is 2. The molecule has 4 aromatic rings. The van der Waals surface area contributed by atoms with Crippen LogP contribution in [0.3, 0.4) is 0 Å². The second-order valence-electron chi connectivity index (χ2n) is 4.86. The maximum Gasteiger partial charge on any atom is 0.279 e. The Morgan fingerprint density at radius 2 is 1.79 bits per heavy atom. The van der Waals surface area contributed by atoms with E-state index < -0.39 is 0 Å². The number of aryl methyl sites for hydroxylation is 1. The summed E-state index contributed by atoms with van der Waals surface area (Å²) >= 11 is 0. The molecule has 0 N–H and O–H groups in total. The number of hydrogen-bond acceptors (Lipinski definition) is 1. The van der Waals surface area contributed by atoms with E-state index in [9.17, 15) is 4.79 Å². The Balaban J connectivity index is 2.39. The lowest BCUT2D eigenvalue weighted by Gasteiger charge is -2.05. The summed E-state index contributed by atoms with van der Waals surface area (Å²) in [6.45, 7) is 2.07. The van der Waals surface area contributed by atoms with E-state index in [-0.39, 0.29) is 5.56 Å². The maximum atomic E-state index is 12.3. The average molecular weight is 248 g/mol. The van der Waals surface area contributed by atoms with Gasteiger partial charge in [-0.25, -0.2) is 9.03 Å². The van der Waals surface area contributed by atoms with Crippen LogP contribution in [0, 0.1) is 6.92 Å². The van der Waals surface area contributed by atoms with Gasteiger partial charge in [0.15, 0.2) is 0 Å². The smallest absolute Gasteiger partial charge is 0.267 e. The Bertz CT molecular complexity index is 992. The normalized spacial score (nSPS) is 11.6. The first-order valence-electron chi connectivity index (χ1n) is 6.27. The molecule has 0 aliphatic carbocycles. The Kier molecular flexibility index (Phi) is 1.90. The van der Waals surface area contributed by atoms with Crippen molar-refractivity contribution in [3.05, 3.63) is 70.6 Å². The third-order valence-corrected chi connectivity index (χ3v) is 3.59. The van der Waals surface area contributed by atoms with E-state index in [1.165, 1.54) is 5.56 Å². The summed E-state index contributed by atoms with van der Waals surface area (Å²) in [7, 11) is 0. The molecule has 0 atom stereocenters. The monoisotopic (exact) mass is 248 g/mol. The van der Waals surface area contributed by atoms with Crippen molar-refractivity contribution in [2.24, 2.45) is 0 Å². The van der Waals surface area contributed by atoms with E-state index in [1.54, 1.807) is 4.52 Å². The predicted octanol–water partition coefficient (Wildman–Crippen LogP) is 3.01. The van der Waals surface area contributed by atoms with Crippen molar-refractivity contribution in [3.8, 4) is 0 Å². The van der Waals surface area contributed by atoms with E-state index >= 15 is 0 Å². The van der Waals surface area contributed by atoms with Gasteiger partial charge in [-0.1, -0.05) is 23.8 Å². The Labute approximate surface area is 109 Å². The molecule has 4 rings (SSSR count). The van der Waals surface area contributed by atoms with Gasteiger partial charge in [0.1, 0.15) is 0 Å². The largest absolute Gasteiger partial charge is 0.279 e. The third-order valence-electron chi connectivity index (χ3n) is 3.59. The molecule has 3 nitrogen and oxygen atoms in total. The van der Waals surface area contributed by atoms with Crippen molar-refractivity contribution in [1.29, 1.82) is 0 Å². The third kappa shape index (κ3) is 1.30. The number of rotatable bonds is 0. The Morgan fingerprint density at radius 3 is 2.68 bits per heavy atom. The molecule has 3 heteroatoms. The molecule has 2 aromatic carbocycles. The molecule has 0 unspecified atom stereocenters. The fraction of sp³-hybridized carbons (Fsp3) is 0.0625. The fourth-order valence-corrected chi connectivity index (χ4v) is 2.70. The van der Waals surface area contributed by atoms with Gasteiger partial charge in [-0.3, -0.25) is 4.79 Å². The van der Waals surface area contributed by atoms with E-state index in [1.807, 2.05) is 41.0 Å². The van der Waals surface area contributed by atoms with Crippen molar-refractivity contribution in [1.82, 2.24) is 9.03 Å². The molecular weight excluding hydrogens is 236 g/mol. The standard InChI is InChI=1S/C16H12N2O/c1-11-6-7-14-12(10-11)8-9-17-16(19)13-4-2-3-5-15(13)18(14)17/h2-10H,1H3. The summed E-state index contributed by atoms with van der Waals surface area (Å²) in [5.74, 6) is 0. The molecule has 92 valence electrons. The first-order valence-corrected chi connectivity index (χ1v) is 6.27. The minimum Gasteiger partial charge on any atom is -0.267 e. The van der Waals surface area contributed by atoms with Gasteiger partial charge in [0.2, 0.25) is 0 Å². The molecule has 0 fully saturated rings. The van der Waals surface area contributed by atoms with Gasteiger partial charge in [-0.05, 0) is 37.3 Å². The van der Waals surface area contributed by atoms with Crippen LogP contribution < -0.4 is 5.56 Å². The molecule has 0 saturated carbocycles. The van der Waals surface area contributed by atoms with Crippen LogP contribution in [0.4, 0.5) is 0 Å². The van der Waals surface area contributed by atoms with E-state index in [0.29, 0.717) is 0 Å². The highest BCUT2D eigenvalue weighted by atomic mass is 16.1. The molecule has 0 amide bonds. The van der Waals surface area contributed by atoms with Crippen LogP contribution in [0.15, 0.2) is 59.5 Å². The fourth-order valence-electron chi connectivity index (χ4n) is 2.70. The number of para-hydroxylation sites is 1. The van der Waals surface area contributed by atoms with Crippen LogP contribution in [0.1, 0.15) is 5.56 Å². The number of aromatic nitrogens is 2. The Morgan fingerprint density at radius 1 is 0.947 bits per heavy atom. The first kappa shape index (κ1) is 10.4. The average Bonchev–Trinajstić information content (AvgIpc) is 2.73. The molecule has 19 heavy (non-hydrogen) atoms. The minimum atomic E-state index is 0.0260. The van der Waals surface area contributed by atoms with Crippen LogP contribution in [0.2, 0.25) is 0 Å². The molecular formula is C16H12N2O. The van der Waals surface area contributed by atoms with Gasteiger partial charge in [0, 0.05) is 11.6 Å². The summed E-state index contributed by atoms with van der Waals surface area (Å²) in [4.78, 5) is 12.3. The lowest BCUT2D eigenvalue weighted by molar-refractivity contribution is 0.842. The van der Waals surface area contributed by atoms with E-state index in [0.717, 1.165) is 21.8 Å². The topological polar surface area (TPSA) is 25.9 Å². The van der Waals surface area contributed by atoms with Crippen molar-refractivity contribution in [2.75, 3.05) is 0 Å². The number of fused-ring (bicyclic) bond motifs is 5. The summed E-state index contributed by atoms with van der Waals surface area (Å²) in [6, 6.07) is 16.0. The SMILES string of the molecule is Cc1ccc2c(ccn3c(=O)c4ccccc4n23)c1. The quantitative estimate of drug-likeness (QED) is 0.469. The molecule has 0 aliphatic heterocycles. The van der Waals surface area contributed by atoms with Gasteiger partial charge in [-0.2, -0.15) is 0 Å². The predicted molar refractivity (Wildman–Crippen MR) is 76.9 cm³/mol. The van der Waals surface area contributed by atoms with Crippen LogP contribution >= 0.6 is 0 Å². The zero-order chi connectivity index (χ0) is 13.0. The summed E-state index contributed by atoms with van der Waals surface area (Å²) in [5, 5.41) is 1.89. The zero-order valence-corrected chi connectivity index (χ0v) is 10.5. The molecule has 2 heterocycles. The maximum absolute atomic E-state index is 12.3. The lowest BCUT2D eigenvalue weighted by Crippen LogP contribution is -2.11. The van der Waals surface area contributed by atoms with Crippen LogP contribution in [0.5, 0.6) is 0 Å². The lowest BCUT2D eigenvalue weighted by atomic mass is 10.1. The van der Waals surface area contributed by atoms with Gasteiger partial charge in [0.25, 0.3) is 5.56 Å². The van der Waals surface area contributed by atoms with Crippen molar-refractivity contribution >= 4 is 21.8 Å². The molecule has 0 aliphatic rings. The molecule has 0 bridgehead atoms. The second-order valence-corrected chi connectivity index (χ2v) is 4.86. The summed E-state index contributed by atoms with van der Waals surface area (Å²) in [6.07, 6.45) is 1.84. The molecule has 0 radical (unpaired) electrons. The molecule has 0 spiro atoms. The highest BCUT2D eigenvalue weighted by molar-refractivity contribution is 5.86. The summed E-state index contributed by atoms with van der Waals surface area (Å²) in [5.41, 5.74) is 3.24. The molecule has 0 saturated heterocycles. The molecule has 2 aromatic heterocycles. The highest BCUT2D eigenvalue weighted by Gasteiger charge is 2.09. The van der Waals surface area contributed by atoms with Crippen LogP contribution in [-0.2, 0) is 0 Å². The summed E-state index contributed by atoms with van der Waals surface area (Å²) < 4.78 is 3.65. The highest BCUT2D eigenvalue weighted by Crippen LogP contribution is 2.19. The zero-order valence-electron chi connectivity index (χ0n) is 10.5. The minimum absolute atomic E-state index is 0.0260. The first-order chi connectivity index (χ1) is 9.25. The number of benzene rings is 2. The van der Waals surface area contributed by atoms with Crippen molar-refractivity contribution in [2.45, 2.75) is 6.92 Å². The van der Waals surface area contributed by atoms with Crippen molar-refractivity contribution in [3.63, 3.8) is 0 Å². The van der Waals surface area contributed by atoms with Gasteiger partial charge in [-0.15, -0.1) is 0 Å². The van der Waals surface area contributed by atoms with Gasteiger partial charge in [0.05, 0.1) is 16.4 Å². The van der Waals surface area contributed by atoms with Gasteiger partial charge < -0.3 is 0 Å². The van der Waals surface area contributed by atoms with E-state index in [2.05, 4.69) is 25.1 Å². The number of hydrogen-bond donors (Lipinski definition) is 0. The van der Waals surface area contributed by atoms with Gasteiger partial charge >= 0.3 is 0 Å². The van der Waals surface area contributed by atoms with Crippen LogP contribution in [0.25, 0.3) is 21.8 Å². The van der Waals surface area contributed by atoms with E-state index in [4.69, 9.17) is 0 Å². The van der Waals surface area contributed by atoms with Crippen LogP contribution in [-0.4, -0.2) is 9.03 Å². The van der Waals surface area contributed by atoms with Crippen molar-refractivity contribution < 1.29 is 0 Å².